The SMILES string of the molecule is C[C@@H](O[Si](C)(C)C(C)(C)C)[C@H]1C(=O)N2C(C(=O)O)=C(COc3ccc(C(C)(C)C)cc3CO[SiH](c3ccccc3)c3ccccc3)S[C@H]12. The van der Waals surface area contributed by atoms with Crippen LogP contribution >= 0.6 is 11.8 Å². The van der Waals surface area contributed by atoms with Crippen molar-refractivity contribution < 1.29 is 28.3 Å². The number of ether oxygens (including phenoxy) is 1. The summed E-state index contributed by atoms with van der Waals surface area (Å²) in [6.07, 6.45) is -0.317. The van der Waals surface area contributed by atoms with Gasteiger partial charge in [0.05, 0.1) is 23.5 Å². The molecule has 0 saturated carbocycles. The lowest BCUT2D eigenvalue weighted by Gasteiger charge is -2.48. The van der Waals surface area contributed by atoms with Gasteiger partial charge in [0, 0.05) is 5.56 Å². The van der Waals surface area contributed by atoms with Crippen LogP contribution in [0.15, 0.2) is 89.5 Å². The molecule has 48 heavy (non-hydrogen) atoms. The number of hydrogen-bond donors (Lipinski definition) is 1. The van der Waals surface area contributed by atoms with Crippen LogP contribution in [0.3, 0.4) is 0 Å². The Morgan fingerprint density at radius 2 is 1.52 bits per heavy atom. The molecule has 2 aliphatic rings. The third-order valence-corrected chi connectivity index (χ3v) is 18.1. The van der Waals surface area contributed by atoms with E-state index in [1.807, 2.05) is 49.4 Å². The summed E-state index contributed by atoms with van der Waals surface area (Å²) in [6, 6.07) is 26.9. The normalized spacial score (nSPS) is 19.0. The third kappa shape index (κ3) is 7.53. The molecule has 2 heterocycles. The zero-order valence-corrected chi connectivity index (χ0v) is 32.5. The van der Waals surface area contributed by atoms with E-state index in [4.69, 9.17) is 13.6 Å². The Balaban J connectivity index is 1.37. The number of nitrogens with zero attached hydrogens (tertiary/aromatic N) is 1. The van der Waals surface area contributed by atoms with Gasteiger partial charge < -0.3 is 18.7 Å². The van der Waals surface area contributed by atoms with Crippen LogP contribution in [0, 0.1) is 5.92 Å². The predicted octanol–water partition coefficient (Wildman–Crippen LogP) is 6.66. The van der Waals surface area contributed by atoms with Gasteiger partial charge in [-0.3, -0.25) is 9.69 Å². The predicted molar refractivity (Wildman–Crippen MR) is 199 cm³/mol. The first-order valence-electron chi connectivity index (χ1n) is 16.6. The summed E-state index contributed by atoms with van der Waals surface area (Å²) >= 11 is 1.41. The molecule has 1 fully saturated rings. The second-order valence-electron chi connectivity index (χ2n) is 15.3. The van der Waals surface area contributed by atoms with Crippen molar-refractivity contribution in [3.63, 3.8) is 0 Å². The van der Waals surface area contributed by atoms with Crippen molar-refractivity contribution in [1.82, 2.24) is 4.90 Å². The van der Waals surface area contributed by atoms with Gasteiger partial charge in [-0.2, -0.15) is 0 Å². The zero-order valence-electron chi connectivity index (χ0n) is 29.6. The molecule has 7 nitrogen and oxygen atoms in total. The van der Waals surface area contributed by atoms with Gasteiger partial charge in [0.2, 0.25) is 14.9 Å². The van der Waals surface area contributed by atoms with Gasteiger partial charge in [-0.1, -0.05) is 120 Å². The number of carboxylic acid groups (broad SMARTS) is 1. The number of benzene rings is 3. The monoisotopic (exact) mass is 703 g/mol. The van der Waals surface area contributed by atoms with Crippen LogP contribution in [0.2, 0.25) is 18.1 Å². The first-order chi connectivity index (χ1) is 22.5. The lowest BCUT2D eigenvalue weighted by atomic mass is 9.86. The Morgan fingerprint density at radius 3 is 2.04 bits per heavy atom. The number of aliphatic carboxylic acids is 1. The molecule has 0 aliphatic carbocycles. The Morgan fingerprint density at radius 1 is 0.938 bits per heavy atom. The summed E-state index contributed by atoms with van der Waals surface area (Å²) < 4.78 is 19.8. The van der Waals surface area contributed by atoms with Crippen LogP contribution in [-0.2, 0) is 30.5 Å². The summed E-state index contributed by atoms with van der Waals surface area (Å²) in [5.41, 5.74) is 1.98. The number of fused-ring (bicyclic) bond motifs is 1. The fourth-order valence-electron chi connectivity index (χ4n) is 5.91. The minimum Gasteiger partial charge on any atom is -0.488 e. The number of carbonyl (C=O) groups excluding carboxylic acids is 1. The fraction of sp³-hybridized carbons (Fsp3) is 0.421. The van der Waals surface area contributed by atoms with Crippen LogP contribution in [-0.4, -0.2) is 57.3 Å². The number of β-lactam (4-membered cyclic amide) rings is 1. The van der Waals surface area contributed by atoms with E-state index >= 15 is 0 Å². The standard InChI is InChI=1S/C38H49NO6SSi2/c1-25(45-48(8,9)38(5,6)7)32-34(40)39-33(36(41)42)31(46-35(32)39)24-43-30-21-20-27(37(2,3)4)22-26(30)23-44-47(28-16-12-10-13-17-28)29-18-14-11-15-19-29/h10-22,25,32,35,47H,23-24H2,1-9H3,(H,41,42)/t25-,32+,35-/m1/s1. The molecule has 0 radical (unpaired) electrons. The lowest BCUT2D eigenvalue weighted by molar-refractivity contribution is -0.156. The van der Waals surface area contributed by atoms with Gasteiger partial charge in [-0.15, -0.1) is 0 Å². The van der Waals surface area contributed by atoms with Crippen LogP contribution in [0.25, 0.3) is 0 Å². The molecule has 1 N–H and O–H groups in total. The first kappa shape index (κ1) is 36.1. The number of carboxylic acids is 1. The topological polar surface area (TPSA) is 85.3 Å². The second kappa shape index (κ2) is 14.0. The average Bonchev–Trinajstić information content (AvgIpc) is 3.34. The van der Waals surface area contributed by atoms with Gasteiger partial charge in [0.15, 0.2) is 8.32 Å². The van der Waals surface area contributed by atoms with E-state index < -0.39 is 29.2 Å². The third-order valence-electron chi connectivity index (χ3n) is 9.74. The van der Waals surface area contributed by atoms with E-state index in [1.54, 1.807) is 0 Å². The van der Waals surface area contributed by atoms with E-state index in [2.05, 4.69) is 91.0 Å². The molecular formula is C38H49NO6SSi2. The highest BCUT2D eigenvalue weighted by Crippen LogP contribution is 2.52. The molecule has 5 rings (SSSR count). The lowest BCUT2D eigenvalue weighted by Crippen LogP contribution is -2.62. The highest BCUT2D eigenvalue weighted by Gasteiger charge is 2.59. The van der Waals surface area contributed by atoms with Crippen molar-refractivity contribution >= 4 is 51.4 Å². The van der Waals surface area contributed by atoms with Crippen LogP contribution in [0.5, 0.6) is 5.75 Å². The van der Waals surface area contributed by atoms with E-state index in [0.29, 0.717) is 17.3 Å². The van der Waals surface area contributed by atoms with Gasteiger partial charge in [-0.05, 0) is 58.5 Å². The molecule has 10 heteroatoms. The molecule has 3 atom stereocenters. The number of rotatable bonds is 12. The summed E-state index contributed by atoms with van der Waals surface area (Å²) in [7, 11) is -4.15. The number of thioether (sulfide) groups is 1. The molecule has 3 aromatic carbocycles. The van der Waals surface area contributed by atoms with Gasteiger partial charge in [-0.25, -0.2) is 4.79 Å². The van der Waals surface area contributed by atoms with Crippen molar-refractivity contribution in [2.24, 2.45) is 5.92 Å². The van der Waals surface area contributed by atoms with E-state index in [-0.39, 0.29) is 40.1 Å². The molecule has 1 saturated heterocycles. The summed E-state index contributed by atoms with van der Waals surface area (Å²) in [6.45, 7) is 19.7. The molecule has 0 unspecified atom stereocenters. The molecule has 0 bridgehead atoms. The smallest absolute Gasteiger partial charge is 0.353 e. The maximum atomic E-state index is 13.4. The van der Waals surface area contributed by atoms with Crippen molar-refractivity contribution in [3.05, 3.63) is 101 Å². The van der Waals surface area contributed by atoms with Crippen LogP contribution in [0.4, 0.5) is 0 Å². The Hall–Kier alpha value is -3.16. The number of amides is 1. The minimum atomic E-state index is -2.13. The summed E-state index contributed by atoms with van der Waals surface area (Å²) in [4.78, 5) is 27.9. The molecule has 256 valence electrons. The quantitative estimate of drug-likeness (QED) is 0.167. The maximum absolute atomic E-state index is 13.4. The van der Waals surface area contributed by atoms with Gasteiger partial charge in [0.1, 0.15) is 23.4 Å². The summed E-state index contributed by atoms with van der Waals surface area (Å²) in [5.74, 6) is -1.10. The Labute approximate surface area is 292 Å². The average molecular weight is 704 g/mol. The van der Waals surface area contributed by atoms with Crippen molar-refractivity contribution in [2.75, 3.05) is 6.61 Å². The van der Waals surface area contributed by atoms with Gasteiger partial charge in [0.25, 0.3) is 0 Å². The molecular weight excluding hydrogens is 655 g/mol. The molecule has 1 amide bonds. The largest absolute Gasteiger partial charge is 0.488 e. The zero-order chi connectivity index (χ0) is 35.0. The van der Waals surface area contributed by atoms with E-state index in [0.717, 1.165) is 11.1 Å². The van der Waals surface area contributed by atoms with Gasteiger partial charge >= 0.3 is 5.97 Å². The number of carbonyl (C=O) groups is 2. The minimum absolute atomic E-state index is 0.00526. The van der Waals surface area contributed by atoms with E-state index in [9.17, 15) is 14.7 Å². The highest BCUT2D eigenvalue weighted by molar-refractivity contribution is 8.04. The maximum Gasteiger partial charge on any atom is 0.353 e. The molecule has 0 spiro atoms. The summed E-state index contributed by atoms with van der Waals surface area (Å²) in [5, 5.41) is 12.3. The van der Waals surface area contributed by atoms with Crippen LogP contribution < -0.4 is 15.1 Å². The van der Waals surface area contributed by atoms with E-state index in [1.165, 1.54) is 27.0 Å². The second-order valence-corrected chi connectivity index (χ2v) is 23.7. The highest BCUT2D eigenvalue weighted by atomic mass is 32.2. The first-order valence-corrected chi connectivity index (χ1v) is 22.0. The van der Waals surface area contributed by atoms with Crippen LogP contribution in [0.1, 0.15) is 59.6 Å². The fourth-order valence-corrected chi connectivity index (χ4v) is 11.1. The van der Waals surface area contributed by atoms with Crippen molar-refractivity contribution in [2.45, 2.75) is 90.1 Å². The molecule has 2 aliphatic heterocycles. The number of hydrogen-bond acceptors (Lipinski definition) is 6. The van der Waals surface area contributed by atoms with Crippen molar-refractivity contribution in [1.29, 1.82) is 0 Å². The Bertz CT molecular complexity index is 1630. The molecule has 0 aromatic heterocycles. The molecule has 3 aromatic rings. The Kier molecular flexibility index (Phi) is 10.5. The van der Waals surface area contributed by atoms with Crippen molar-refractivity contribution in [3.8, 4) is 5.75 Å².